The maximum absolute atomic E-state index is 6.27. The molecule has 0 saturated carbocycles. The average molecular weight is 268 g/mol. The topological polar surface area (TPSA) is 18.5 Å². The van der Waals surface area contributed by atoms with Crippen LogP contribution in [0.2, 0.25) is 0 Å². The first kappa shape index (κ1) is 16.7. The van der Waals surface area contributed by atoms with E-state index >= 15 is 0 Å². The number of ether oxygens (including phenoxy) is 2. The molecule has 0 amide bonds. The number of allylic oxidation sites excluding steroid dienone is 2. The van der Waals surface area contributed by atoms with Crippen molar-refractivity contribution in [2.45, 2.75) is 97.6 Å². The highest BCUT2D eigenvalue weighted by Gasteiger charge is 2.31. The number of hydrogen-bond donors (Lipinski definition) is 0. The molecule has 19 heavy (non-hydrogen) atoms. The van der Waals surface area contributed by atoms with Crippen LogP contribution in [0.5, 0.6) is 0 Å². The van der Waals surface area contributed by atoms with Crippen molar-refractivity contribution in [2.24, 2.45) is 0 Å². The van der Waals surface area contributed by atoms with Gasteiger partial charge in [-0.15, -0.1) is 0 Å². The Labute approximate surface area is 119 Å². The Bertz CT molecular complexity index is 304. The molecule has 112 valence electrons. The fourth-order valence-electron chi connectivity index (χ4n) is 2.52. The lowest BCUT2D eigenvalue weighted by Gasteiger charge is -2.37. The SMILES string of the molecule is C/C1=C/CCC(OC(C)(C)C)C(OC(C)(C)C)CC1. The van der Waals surface area contributed by atoms with Gasteiger partial charge < -0.3 is 9.47 Å². The summed E-state index contributed by atoms with van der Waals surface area (Å²) in [5.74, 6) is 0. The van der Waals surface area contributed by atoms with Crippen molar-refractivity contribution < 1.29 is 9.47 Å². The van der Waals surface area contributed by atoms with Crippen LogP contribution in [0.1, 0.15) is 74.1 Å². The molecule has 0 N–H and O–H groups in total. The molecule has 2 atom stereocenters. The van der Waals surface area contributed by atoms with Gasteiger partial charge in [0.1, 0.15) is 0 Å². The summed E-state index contributed by atoms with van der Waals surface area (Å²) in [6.45, 7) is 15.0. The van der Waals surface area contributed by atoms with Crippen molar-refractivity contribution in [2.75, 3.05) is 0 Å². The van der Waals surface area contributed by atoms with E-state index in [2.05, 4.69) is 54.5 Å². The summed E-state index contributed by atoms with van der Waals surface area (Å²) in [6.07, 6.45) is 7.06. The van der Waals surface area contributed by atoms with Crippen LogP contribution in [-0.2, 0) is 9.47 Å². The summed E-state index contributed by atoms with van der Waals surface area (Å²) in [7, 11) is 0. The van der Waals surface area contributed by atoms with E-state index in [1.807, 2.05) is 0 Å². The Hall–Kier alpha value is -0.340. The van der Waals surface area contributed by atoms with Crippen molar-refractivity contribution in [3.63, 3.8) is 0 Å². The summed E-state index contributed by atoms with van der Waals surface area (Å²) < 4.78 is 12.5. The molecule has 2 heteroatoms. The third kappa shape index (κ3) is 7.12. The van der Waals surface area contributed by atoms with Gasteiger partial charge in [0.05, 0.1) is 23.4 Å². The second-order valence-electron chi connectivity index (χ2n) is 7.70. The van der Waals surface area contributed by atoms with E-state index in [0.29, 0.717) is 0 Å². The zero-order chi connectivity index (χ0) is 14.7. The van der Waals surface area contributed by atoms with Gasteiger partial charge in [0.25, 0.3) is 0 Å². The minimum atomic E-state index is -0.110. The zero-order valence-electron chi connectivity index (χ0n) is 13.9. The summed E-state index contributed by atoms with van der Waals surface area (Å²) in [5.41, 5.74) is 1.26. The summed E-state index contributed by atoms with van der Waals surface area (Å²) in [4.78, 5) is 0. The Morgan fingerprint density at radius 1 is 0.895 bits per heavy atom. The van der Waals surface area contributed by atoms with Crippen LogP contribution < -0.4 is 0 Å². The van der Waals surface area contributed by atoms with Crippen LogP contribution in [0.15, 0.2) is 11.6 Å². The van der Waals surface area contributed by atoms with Crippen molar-refractivity contribution >= 4 is 0 Å². The highest BCUT2D eigenvalue weighted by atomic mass is 16.6. The second-order valence-corrected chi connectivity index (χ2v) is 7.70. The van der Waals surface area contributed by atoms with Crippen LogP contribution >= 0.6 is 0 Å². The maximum atomic E-state index is 6.27. The molecule has 1 aliphatic carbocycles. The van der Waals surface area contributed by atoms with Crippen LogP contribution in [0.4, 0.5) is 0 Å². The predicted molar refractivity (Wildman–Crippen MR) is 81.5 cm³/mol. The van der Waals surface area contributed by atoms with E-state index < -0.39 is 0 Å². The number of hydrogen-bond acceptors (Lipinski definition) is 2. The smallest absolute Gasteiger partial charge is 0.0847 e. The Balaban J connectivity index is 2.79. The summed E-state index contributed by atoms with van der Waals surface area (Å²) in [6, 6.07) is 0. The lowest BCUT2D eigenvalue weighted by atomic mass is 9.95. The molecule has 1 aliphatic rings. The van der Waals surface area contributed by atoms with Gasteiger partial charge in [-0.3, -0.25) is 0 Å². The van der Waals surface area contributed by atoms with Gasteiger partial charge in [0.15, 0.2) is 0 Å². The van der Waals surface area contributed by atoms with Gasteiger partial charge in [0, 0.05) is 0 Å². The van der Waals surface area contributed by atoms with E-state index in [1.165, 1.54) is 5.57 Å². The molecule has 0 aromatic heterocycles. The first-order chi connectivity index (χ1) is 8.57. The van der Waals surface area contributed by atoms with Gasteiger partial charge in [-0.1, -0.05) is 11.6 Å². The van der Waals surface area contributed by atoms with Crippen molar-refractivity contribution in [1.29, 1.82) is 0 Å². The molecule has 0 heterocycles. The van der Waals surface area contributed by atoms with Gasteiger partial charge in [-0.25, -0.2) is 0 Å². The van der Waals surface area contributed by atoms with E-state index in [9.17, 15) is 0 Å². The molecule has 0 spiro atoms. The molecule has 2 nitrogen and oxygen atoms in total. The van der Waals surface area contributed by atoms with Crippen molar-refractivity contribution in [3.05, 3.63) is 11.6 Å². The Morgan fingerprint density at radius 2 is 1.37 bits per heavy atom. The minimum Gasteiger partial charge on any atom is -0.370 e. The molecule has 0 saturated heterocycles. The standard InChI is InChI=1S/C17H32O2/c1-13-9-8-10-14(18-16(2,3)4)15(12-11-13)19-17(5,6)7/h9,14-15H,8,10-12H2,1-7H3/b13-9-. The van der Waals surface area contributed by atoms with Crippen LogP contribution in [0.25, 0.3) is 0 Å². The minimum absolute atomic E-state index is 0.109. The van der Waals surface area contributed by atoms with Gasteiger partial charge in [-0.05, 0) is 74.1 Å². The van der Waals surface area contributed by atoms with E-state index in [0.717, 1.165) is 25.7 Å². The average Bonchev–Trinajstić information content (AvgIpc) is 2.17. The normalized spacial score (nSPS) is 29.3. The lowest BCUT2D eigenvalue weighted by Crippen LogP contribution is -2.41. The summed E-state index contributed by atoms with van der Waals surface area (Å²) in [5, 5.41) is 0. The predicted octanol–water partition coefficient (Wildman–Crippen LogP) is 4.87. The van der Waals surface area contributed by atoms with Gasteiger partial charge >= 0.3 is 0 Å². The van der Waals surface area contributed by atoms with E-state index in [1.54, 1.807) is 0 Å². The monoisotopic (exact) mass is 268 g/mol. The fourth-order valence-corrected chi connectivity index (χ4v) is 2.52. The molecular weight excluding hydrogens is 236 g/mol. The van der Waals surface area contributed by atoms with Crippen LogP contribution in [0, 0.1) is 0 Å². The third-order valence-corrected chi connectivity index (χ3v) is 3.19. The third-order valence-electron chi connectivity index (χ3n) is 3.19. The van der Waals surface area contributed by atoms with Crippen LogP contribution in [0.3, 0.4) is 0 Å². The lowest BCUT2D eigenvalue weighted by molar-refractivity contribution is -0.166. The van der Waals surface area contributed by atoms with Gasteiger partial charge in [0.2, 0.25) is 0 Å². The molecule has 0 aromatic carbocycles. The highest BCUT2D eigenvalue weighted by molar-refractivity contribution is 5.01. The molecule has 0 fully saturated rings. The zero-order valence-corrected chi connectivity index (χ0v) is 13.9. The Kier molecular flexibility index (Phi) is 5.64. The quantitative estimate of drug-likeness (QED) is 0.665. The molecule has 0 aliphatic heterocycles. The van der Waals surface area contributed by atoms with E-state index in [4.69, 9.17) is 9.47 Å². The largest absolute Gasteiger partial charge is 0.370 e. The Morgan fingerprint density at radius 3 is 1.84 bits per heavy atom. The molecule has 0 bridgehead atoms. The molecule has 1 rings (SSSR count). The highest BCUT2D eigenvalue weighted by Crippen LogP contribution is 2.28. The van der Waals surface area contributed by atoms with Crippen molar-refractivity contribution in [3.8, 4) is 0 Å². The molecule has 2 unspecified atom stereocenters. The number of rotatable bonds is 2. The van der Waals surface area contributed by atoms with Gasteiger partial charge in [-0.2, -0.15) is 0 Å². The van der Waals surface area contributed by atoms with Crippen LogP contribution in [-0.4, -0.2) is 23.4 Å². The summed E-state index contributed by atoms with van der Waals surface area (Å²) >= 11 is 0. The molecular formula is C17H32O2. The fraction of sp³-hybridized carbons (Fsp3) is 0.882. The first-order valence-electron chi connectivity index (χ1n) is 7.58. The van der Waals surface area contributed by atoms with E-state index in [-0.39, 0.29) is 23.4 Å². The molecule has 0 aromatic rings. The molecule has 0 radical (unpaired) electrons. The van der Waals surface area contributed by atoms with Crippen molar-refractivity contribution in [1.82, 2.24) is 0 Å². The second kappa shape index (κ2) is 6.41. The maximum Gasteiger partial charge on any atom is 0.0847 e. The first-order valence-corrected chi connectivity index (χ1v) is 7.58.